The van der Waals surface area contributed by atoms with Gasteiger partial charge in [-0.1, -0.05) is 6.92 Å². The van der Waals surface area contributed by atoms with Crippen molar-refractivity contribution in [1.29, 1.82) is 0 Å². The number of ether oxygens (including phenoxy) is 1. The Morgan fingerprint density at radius 2 is 2.07 bits per heavy atom. The highest BCUT2D eigenvalue weighted by molar-refractivity contribution is 6.30. The molecule has 88 valence electrons. The first-order valence-corrected chi connectivity index (χ1v) is 5.84. The molecule has 0 aromatic carbocycles. The number of nitrogens with zero attached hydrogens (tertiary/aromatic N) is 1. The molecular formula is C11H20ClNO2. The third-order valence-corrected chi connectivity index (χ3v) is 3.30. The fraction of sp³-hybridized carbons (Fsp3) is 0.909. The van der Waals surface area contributed by atoms with Crippen molar-refractivity contribution >= 4 is 17.5 Å². The van der Waals surface area contributed by atoms with Crippen molar-refractivity contribution in [1.82, 2.24) is 4.90 Å². The van der Waals surface area contributed by atoms with Crippen LogP contribution in [0.5, 0.6) is 0 Å². The summed E-state index contributed by atoms with van der Waals surface area (Å²) >= 11 is 5.78. The van der Waals surface area contributed by atoms with Gasteiger partial charge in [0, 0.05) is 20.2 Å². The van der Waals surface area contributed by atoms with Gasteiger partial charge in [0.1, 0.15) is 5.38 Å². The van der Waals surface area contributed by atoms with Crippen LogP contribution in [-0.2, 0) is 9.53 Å². The van der Waals surface area contributed by atoms with Gasteiger partial charge in [-0.2, -0.15) is 0 Å². The van der Waals surface area contributed by atoms with Crippen LogP contribution in [0, 0.1) is 5.41 Å². The van der Waals surface area contributed by atoms with E-state index in [-0.39, 0.29) is 11.3 Å². The van der Waals surface area contributed by atoms with E-state index in [0.29, 0.717) is 0 Å². The van der Waals surface area contributed by atoms with Crippen molar-refractivity contribution in [2.75, 3.05) is 26.8 Å². The van der Waals surface area contributed by atoms with E-state index in [0.717, 1.165) is 32.5 Å². The maximum absolute atomic E-state index is 11.6. The monoisotopic (exact) mass is 233 g/mol. The number of amides is 1. The molecule has 15 heavy (non-hydrogen) atoms. The second kappa shape index (κ2) is 5.17. The molecule has 0 unspecified atom stereocenters. The molecule has 1 amide bonds. The summed E-state index contributed by atoms with van der Waals surface area (Å²) in [4.78, 5) is 13.5. The number of carbonyl (C=O) groups is 1. The van der Waals surface area contributed by atoms with E-state index in [1.165, 1.54) is 0 Å². The van der Waals surface area contributed by atoms with Crippen molar-refractivity contribution in [3.05, 3.63) is 0 Å². The normalized spacial score (nSPS) is 22.5. The fourth-order valence-corrected chi connectivity index (χ4v) is 2.15. The Hall–Kier alpha value is -0.280. The molecule has 0 spiro atoms. The third kappa shape index (κ3) is 3.35. The maximum atomic E-state index is 11.6. The minimum Gasteiger partial charge on any atom is -0.384 e. The number of alkyl halides is 1. The molecule has 3 nitrogen and oxygen atoms in total. The lowest BCUT2D eigenvalue weighted by Crippen LogP contribution is -2.45. The molecule has 0 N–H and O–H groups in total. The number of halogens is 1. The number of hydrogen-bond acceptors (Lipinski definition) is 2. The molecule has 1 aliphatic heterocycles. The Balaban J connectivity index is 2.45. The fourth-order valence-electron chi connectivity index (χ4n) is 2.01. The first kappa shape index (κ1) is 12.8. The zero-order valence-electron chi connectivity index (χ0n) is 9.75. The zero-order chi connectivity index (χ0) is 11.5. The summed E-state index contributed by atoms with van der Waals surface area (Å²) in [5.41, 5.74) is 0.223. The Morgan fingerprint density at radius 1 is 1.53 bits per heavy atom. The Kier molecular flexibility index (Phi) is 4.41. The molecule has 1 fully saturated rings. The second-order valence-electron chi connectivity index (χ2n) is 4.68. The van der Waals surface area contributed by atoms with E-state index in [4.69, 9.17) is 16.3 Å². The lowest BCUT2D eigenvalue weighted by Gasteiger charge is -2.39. The molecule has 1 aliphatic rings. The van der Waals surface area contributed by atoms with Crippen LogP contribution in [-0.4, -0.2) is 43.0 Å². The molecule has 0 saturated carbocycles. The highest BCUT2D eigenvalue weighted by Gasteiger charge is 2.32. The highest BCUT2D eigenvalue weighted by Crippen LogP contribution is 2.31. The number of carbonyl (C=O) groups excluding carboxylic acids is 1. The summed E-state index contributed by atoms with van der Waals surface area (Å²) in [6, 6.07) is 0. The smallest absolute Gasteiger partial charge is 0.240 e. The van der Waals surface area contributed by atoms with E-state index in [1.54, 1.807) is 14.0 Å². The molecule has 4 heteroatoms. The van der Waals surface area contributed by atoms with Gasteiger partial charge in [0.2, 0.25) is 5.91 Å². The van der Waals surface area contributed by atoms with Crippen molar-refractivity contribution in [3.8, 4) is 0 Å². The summed E-state index contributed by atoms with van der Waals surface area (Å²) < 4.78 is 5.20. The number of rotatable bonds is 3. The van der Waals surface area contributed by atoms with E-state index >= 15 is 0 Å². The number of piperidine rings is 1. The predicted molar refractivity (Wildman–Crippen MR) is 61.1 cm³/mol. The van der Waals surface area contributed by atoms with E-state index in [9.17, 15) is 4.79 Å². The van der Waals surface area contributed by atoms with Gasteiger partial charge >= 0.3 is 0 Å². The number of hydrogen-bond donors (Lipinski definition) is 0. The second-order valence-corrected chi connectivity index (χ2v) is 5.34. The highest BCUT2D eigenvalue weighted by atomic mass is 35.5. The molecule has 1 atom stereocenters. The number of likely N-dealkylation sites (tertiary alicyclic amines) is 1. The minimum atomic E-state index is -0.406. The Morgan fingerprint density at radius 3 is 2.47 bits per heavy atom. The summed E-state index contributed by atoms with van der Waals surface area (Å²) in [5, 5.41) is -0.406. The van der Waals surface area contributed by atoms with Crippen LogP contribution in [0.2, 0.25) is 0 Å². The van der Waals surface area contributed by atoms with Crippen molar-refractivity contribution in [2.24, 2.45) is 5.41 Å². The Bertz CT molecular complexity index is 223. The molecule has 1 saturated heterocycles. The number of methoxy groups -OCH3 is 1. The molecular weight excluding hydrogens is 214 g/mol. The average Bonchev–Trinajstić information content (AvgIpc) is 2.18. The van der Waals surface area contributed by atoms with Crippen molar-refractivity contribution < 1.29 is 9.53 Å². The molecule has 0 bridgehead atoms. The lowest BCUT2D eigenvalue weighted by atomic mass is 9.81. The van der Waals surface area contributed by atoms with Crippen LogP contribution in [0.15, 0.2) is 0 Å². The van der Waals surface area contributed by atoms with Gasteiger partial charge in [-0.3, -0.25) is 4.79 Å². The van der Waals surface area contributed by atoms with Gasteiger partial charge in [-0.05, 0) is 25.2 Å². The molecule has 0 aromatic rings. The van der Waals surface area contributed by atoms with Crippen molar-refractivity contribution in [3.63, 3.8) is 0 Å². The van der Waals surface area contributed by atoms with Gasteiger partial charge in [0.25, 0.3) is 0 Å². The van der Waals surface area contributed by atoms with E-state index in [2.05, 4.69) is 6.92 Å². The van der Waals surface area contributed by atoms with Crippen LogP contribution in [0.25, 0.3) is 0 Å². The Labute approximate surface area is 96.7 Å². The topological polar surface area (TPSA) is 29.5 Å². The summed E-state index contributed by atoms with van der Waals surface area (Å²) in [6.45, 7) is 6.31. The van der Waals surface area contributed by atoms with Gasteiger partial charge in [0.05, 0.1) is 6.61 Å². The van der Waals surface area contributed by atoms with Crippen LogP contribution in [0.3, 0.4) is 0 Å². The zero-order valence-corrected chi connectivity index (χ0v) is 10.5. The molecule has 0 radical (unpaired) electrons. The predicted octanol–water partition coefficient (Wildman–Crippen LogP) is 1.89. The maximum Gasteiger partial charge on any atom is 0.240 e. The average molecular weight is 234 g/mol. The SMILES string of the molecule is COCC1(C)CCN(C(=O)[C@@H](C)Cl)CC1. The van der Waals surface area contributed by atoms with E-state index < -0.39 is 5.38 Å². The van der Waals surface area contributed by atoms with Crippen LogP contribution in [0.1, 0.15) is 26.7 Å². The molecule has 0 aliphatic carbocycles. The van der Waals surface area contributed by atoms with Crippen molar-refractivity contribution in [2.45, 2.75) is 32.1 Å². The van der Waals surface area contributed by atoms with Gasteiger partial charge < -0.3 is 9.64 Å². The quantitative estimate of drug-likeness (QED) is 0.697. The summed E-state index contributed by atoms with van der Waals surface area (Å²) in [7, 11) is 1.73. The molecule has 1 heterocycles. The van der Waals surface area contributed by atoms with Crippen LogP contribution >= 0.6 is 11.6 Å². The largest absolute Gasteiger partial charge is 0.384 e. The molecule has 0 aromatic heterocycles. The summed E-state index contributed by atoms with van der Waals surface area (Å²) in [5.74, 6) is 0.0520. The molecule has 1 rings (SSSR count). The van der Waals surface area contributed by atoms with E-state index in [1.807, 2.05) is 4.90 Å². The standard InChI is InChI=1S/C11H20ClNO2/c1-9(12)10(14)13-6-4-11(2,5-7-13)8-15-3/h9H,4-8H2,1-3H3/t9-/m1/s1. The van der Waals surface area contributed by atoms with Gasteiger partial charge in [0.15, 0.2) is 0 Å². The van der Waals surface area contributed by atoms with Gasteiger partial charge in [-0.25, -0.2) is 0 Å². The first-order valence-electron chi connectivity index (χ1n) is 5.40. The first-order chi connectivity index (χ1) is 6.98. The minimum absolute atomic E-state index is 0.0520. The van der Waals surface area contributed by atoms with Crippen LogP contribution < -0.4 is 0 Å². The summed E-state index contributed by atoms with van der Waals surface area (Å²) in [6.07, 6.45) is 1.99. The van der Waals surface area contributed by atoms with Gasteiger partial charge in [-0.15, -0.1) is 11.6 Å². The third-order valence-electron chi connectivity index (χ3n) is 3.12. The lowest BCUT2D eigenvalue weighted by molar-refractivity contribution is -0.133. The van der Waals surface area contributed by atoms with Crippen LogP contribution in [0.4, 0.5) is 0 Å².